The first-order valence-electron chi connectivity index (χ1n) is 5.64. The summed E-state index contributed by atoms with van der Waals surface area (Å²) in [5.41, 5.74) is -0.0861. The molecule has 102 valence electrons. The van der Waals surface area contributed by atoms with E-state index < -0.39 is 10.7 Å². The minimum absolute atomic E-state index is 0.0432. The number of amides is 1. The highest BCUT2D eigenvalue weighted by Crippen LogP contribution is 2.31. The second-order valence-corrected chi connectivity index (χ2v) is 5.08. The van der Waals surface area contributed by atoms with Crippen LogP contribution in [0.1, 0.15) is 12.8 Å². The van der Waals surface area contributed by atoms with Gasteiger partial charge >= 0.3 is 0 Å². The number of piperidine rings is 1. The summed E-state index contributed by atoms with van der Waals surface area (Å²) in [6, 6.07) is 2.06. The molecule has 8 heteroatoms. The number of benzene rings is 1. The highest BCUT2D eigenvalue weighted by atomic mass is 79.9. The van der Waals surface area contributed by atoms with E-state index in [4.69, 9.17) is 0 Å². The summed E-state index contributed by atoms with van der Waals surface area (Å²) in [5.74, 6) is -0.623. The van der Waals surface area contributed by atoms with E-state index in [1.165, 1.54) is 0 Å². The Hall–Kier alpha value is -1.70. The molecule has 0 bridgehead atoms. The summed E-state index contributed by atoms with van der Waals surface area (Å²) >= 11 is 2.92. The Labute approximate surface area is 116 Å². The molecule has 1 heterocycles. The summed E-state index contributed by atoms with van der Waals surface area (Å²) in [6.45, 7) is 0.369. The van der Waals surface area contributed by atoms with E-state index in [9.17, 15) is 19.3 Å². The van der Waals surface area contributed by atoms with Gasteiger partial charge in [0, 0.05) is 31.1 Å². The van der Waals surface area contributed by atoms with Crippen LogP contribution in [-0.2, 0) is 4.79 Å². The number of nitro groups is 1. The fraction of sp³-hybridized carbons (Fsp3) is 0.364. The topological polar surface area (TPSA) is 84.3 Å². The quantitative estimate of drug-likeness (QED) is 0.656. The number of nitrogens with zero attached hydrogens (tertiary/aromatic N) is 1. The molecule has 1 aliphatic heterocycles. The van der Waals surface area contributed by atoms with Crippen molar-refractivity contribution in [1.29, 1.82) is 0 Å². The summed E-state index contributed by atoms with van der Waals surface area (Å²) in [5, 5.41) is 16.5. The Kier molecular flexibility index (Phi) is 3.98. The molecule has 19 heavy (non-hydrogen) atoms. The summed E-state index contributed by atoms with van der Waals surface area (Å²) in [4.78, 5) is 21.4. The van der Waals surface area contributed by atoms with Gasteiger partial charge in [-0.05, 0) is 22.4 Å². The lowest BCUT2D eigenvalue weighted by atomic mass is 10.1. The first-order valence-corrected chi connectivity index (χ1v) is 6.43. The summed E-state index contributed by atoms with van der Waals surface area (Å²) in [7, 11) is 0. The lowest BCUT2D eigenvalue weighted by Crippen LogP contribution is -2.41. The van der Waals surface area contributed by atoms with Gasteiger partial charge in [-0.3, -0.25) is 14.9 Å². The number of nitrogens with one attached hydrogen (secondary N) is 2. The van der Waals surface area contributed by atoms with Crippen LogP contribution in [-0.4, -0.2) is 23.4 Å². The third kappa shape index (κ3) is 3.19. The normalized spacial score (nSPS) is 18.8. The third-order valence-corrected chi connectivity index (χ3v) is 3.47. The van der Waals surface area contributed by atoms with Crippen molar-refractivity contribution in [2.75, 3.05) is 11.9 Å². The molecule has 1 atom stereocenters. The maximum absolute atomic E-state index is 13.5. The molecule has 0 saturated carbocycles. The SMILES string of the molecule is O=C1CCC(Nc2cc(F)c(Br)cc2[N+](=O)[O-])CN1. The number of halogens is 2. The first-order chi connectivity index (χ1) is 8.97. The lowest BCUT2D eigenvalue weighted by molar-refractivity contribution is -0.384. The van der Waals surface area contributed by atoms with Gasteiger partial charge in [0.25, 0.3) is 5.69 Å². The lowest BCUT2D eigenvalue weighted by Gasteiger charge is -2.24. The van der Waals surface area contributed by atoms with Crippen molar-refractivity contribution in [2.45, 2.75) is 18.9 Å². The number of carbonyl (C=O) groups excluding carboxylic acids is 1. The van der Waals surface area contributed by atoms with Crippen LogP contribution >= 0.6 is 15.9 Å². The van der Waals surface area contributed by atoms with Crippen molar-refractivity contribution in [3.63, 3.8) is 0 Å². The molecule has 0 aliphatic carbocycles. The Morgan fingerprint density at radius 2 is 2.26 bits per heavy atom. The van der Waals surface area contributed by atoms with Crippen LogP contribution in [0.3, 0.4) is 0 Å². The van der Waals surface area contributed by atoms with Crippen LogP contribution in [0.15, 0.2) is 16.6 Å². The van der Waals surface area contributed by atoms with Gasteiger partial charge in [-0.15, -0.1) is 0 Å². The number of nitro benzene ring substituents is 1. The standard InChI is InChI=1S/C11H11BrFN3O3/c12-7-3-10(16(18)19)9(4-8(7)13)15-6-1-2-11(17)14-5-6/h3-4,6,15H,1-2,5H2,(H,14,17). The number of rotatable bonds is 3. The minimum Gasteiger partial charge on any atom is -0.375 e. The van der Waals surface area contributed by atoms with Crippen molar-refractivity contribution in [3.8, 4) is 0 Å². The zero-order valence-electron chi connectivity index (χ0n) is 9.78. The number of hydrogen-bond acceptors (Lipinski definition) is 4. The Morgan fingerprint density at radius 3 is 2.84 bits per heavy atom. The maximum Gasteiger partial charge on any atom is 0.293 e. The average molecular weight is 332 g/mol. The second kappa shape index (κ2) is 5.52. The van der Waals surface area contributed by atoms with E-state index in [1.807, 2.05) is 0 Å². The molecule has 6 nitrogen and oxygen atoms in total. The van der Waals surface area contributed by atoms with Gasteiger partial charge in [0.15, 0.2) is 0 Å². The van der Waals surface area contributed by atoms with Gasteiger partial charge < -0.3 is 10.6 Å². The van der Waals surface area contributed by atoms with Crippen molar-refractivity contribution < 1.29 is 14.1 Å². The van der Waals surface area contributed by atoms with Crippen LogP contribution in [0.25, 0.3) is 0 Å². The smallest absolute Gasteiger partial charge is 0.293 e. The number of anilines is 1. The zero-order valence-corrected chi connectivity index (χ0v) is 11.4. The molecule has 1 fully saturated rings. The fourth-order valence-corrected chi connectivity index (χ4v) is 2.21. The largest absolute Gasteiger partial charge is 0.375 e. The van der Waals surface area contributed by atoms with Crippen molar-refractivity contribution in [3.05, 3.63) is 32.5 Å². The Balaban J connectivity index is 2.21. The van der Waals surface area contributed by atoms with Crippen LogP contribution in [0.2, 0.25) is 0 Å². The van der Waals surface area contributed by atoms with E-state index >= 15 is 0 Å². The highest BCUT2D eigenvalue weighted by Gasteiger charge is 2.23. The van der Waals surface area contributed by atoms with E-state index in [0.717, 1.165) is 12.1 Å². The van der Waals surface area contributed by atoms with E-state index in [0.29, 0.717) is 19.4 Å². The average Bonchev–Trinajstić information content (AvgIpc) is 2.36. The molecular formula is C11H11BrFN3O3. The van der Waals surface area contributed by atoms with Gasteiger partial charge in [0.05, 0.1) is 9.40 Å². The van der Waals surface area contributed by atoms with Crippen LogP contribution in [0, 0.1) is 15.9 Å². The molecule has 1 aromatic rings. The van der Waals surface area contributed by atoms with Gasteiger partial charge in [-0.1, -0.05) is 0 Å². The molecule has 2 N–H and O–H groups in total. The third-order valence-electron chi connectivity index (χ3n) is 2.86. The molecule has 1 aliphatic rings. The van der Waals surface area contributed by atoms with E-state index in [2.05, 4.69) is 26.6 Å². The molecule has 1 aromatic carbocycles. The van der Waals surface area contributed by atoms with Crippen molar-refractivity contribution >= 4 is 33.2 Å². The fourth-order valence-electron chi connectivity index (χ4n) is 1.88. The summed E-state index contributed by atoms with van der Waals surface area (Å²) in [6.07, 6.45) is 0.908. The second-order valence-electron chi connectivity index (χ2n) is 4.22. The van der Waals surface area contributed by atoms with Crippen LogP contribution in [0.4, 0.5) is 15.8 Å². The van der Waals surface area contributed by atoms with E-state index in [1.54, 1.807) is 0 Å². The van der Waals surface area contributed by atoms with Crippen molar-refractivity contribution in [1.82, 2.24) is 5.32 Å². The van der Waals surface area contributed by atoms with E-state index in [-0.39, 0.29) is 27.8 Å². The Bertz CT molecular complexity index is 528. The highest BCUT2D eigenvalue weighted by molar-refractivity contribution is 9.10. The van der Waals surface area contributed by atoms with Crippen LogP contribution in [0.5, 0.6) is 0 Å². The van der Waals surface area contributed by atoms with Crippen molar-refractivity contribution in [2.24, 2.45) is 0 Å². The van der Waals surface area contributed by atoms with Gasteiger partial charge in [0.2, 0.25) is 5.91 Å². The molecule has 0 aromatic heterocycles. The molecule has 1 unspecified atom stereocenters. The zero-order chi connectivity index (χ0) is 14.0. The first kappa shape index (κ1) is 13.7. The summed E-state index contributed by atoms with van der Waals surface area (Å²) < 4.78 is 13.5. The monoisotopic (exact) mass is 331 g/mol. The van der Waals surface area contributed by atoms with Gasteiger partial charge in [0.1, 0.15) is 11.5 Å². The predicted molar refractivity (Wildman–Crippen MR) is 70.4 cm³/mol. The predicted octanol–water partition coefficient (Wildman–Crippen LogP) is 2.19. The maximum atomic E-state index is 13.5. The molecule has 0 spiro atoms. The molecule has 0 radical (unpaired) electrons. The molecule has 1 amide bonds. The van der Waals surface area contributed by atoms with Crippen LogP contribution < -0.4 is 10.6 Å². The molecule has 1 saturated heterocycles. The van der Waals surface area contributed by atoms with Gasteiger partial charge in [-0.2, -0.15) is 0 Å². The Morgan fingerprint density at radius 1 is 1.53 bits per heavy atom. The molecular weight excluding hydrogens is 321 g/mol. The molecule has 2 rings (SSSR count). The number of carbonyl (C=O) groups is 1. The number of hydrogen-bond donors (Lipinski definition) is 2. The minimum atomic E-state index is -0.576. The van der Waals surface area contributed by atoms with Gasteiger partial charge in [-0.25, -0.2) is 4.39 Å².